The van der Waals surface area contributed by atoms with E-state index in [1.54, 1.807) is 12.3 Å². The molecule has 0 fully saturated rings. The number of pyridine rings is 2. The molecule has 0 spiro atoms. The Morgan fingerprint density at radius 2 is 1.89 bits per heavy atom. The number of nitrogens with zero attached hydrogens (tertiary/aromatic N) is 2. The minimum absolute atomic E-state index is 0.460. The van der Waals surface area contributed by atoms with E-state index in [0.717, 1.165) is 10.9 Å². The fourth-order valence-corrected chi connectivity index (χ4v) is 2.42. The lowest BCUT2D eigenvalue weighted by molar-refractivity contribution is 0.458. The van der Waals surface area contributed by atoms with E-state index < -0.39 is 0 Å². The number of hydrogen-bond acceptors (Lipinski definition) is 3. The molecule has 0 saturated carbocycles. The summed E-state index contributed by atoms with van der Waals surface area (Å²) in [7, 11) is 0. The van der Waals surface area contributed by atoms with E-state index in [0.29, 0.717) is 21.1 Å². The van der Waals surface area contributed by atoms with Crippen LogP contribution in [-0.4, -0.2) is 9.97 Å². The van der Waals surface area contributed by atoms with Crippen LogP contribution in [0, 0.1) is 0 Å². The number of ether oxygens (including phenoxy) is 1. The van der Waals surface area contributed by atoms with Gasteiger partial charge in [-0.05, 0) is 34.1 Å². The van der Waals surface area contributed by atoms with E-state index in [1.165, 1.54) is 6.20 Å². The maximum atomic E-state index is 5.84. The summed E-state index contributed by atoms with van der Waals surface area (Å²) in [5.74, 6) is 1.09. The van der Waals surface area contributed by atoms with Crippen LogP contribution in [0.2, 0.25) is 5.02 Å². The van der Waals surface area contributed by atoms with E-state index in [-0.39, 0.29) is 0 Å². The van der Waals surface area contributed by atoms with Crippen molar-refractivity contribution < 1.29 is 4.74 Å². The molecule has 0 radical (unpaired) electrons. The molecule has 0 bridgehead atoms. The zero-order valence-corrected chi connectivity index (χ0v) is 12.0. The Hall–Kier alpha value is -1.65. The molecule has 3 rings (SSSR count). The van der Waals surface area contributed by atoms with Crippen LogP contribution in [0.25, 0.3) is 10.9 Å². The van der Waals surface area contributed by atoms with Gasteiger partial charge in [0.05, 0.1) is 21.2 Å². The fraction of sp³-hybridized carbons (Fsp3) is 0. The van der Waals surface area contributed by atoms with Crippen LogP contribution in [0.3, 0.4) is 0 Å². The number of para-hydroxylation sites is 1. The zero-order chi connectivity index (χ0) is 13.2. The van der Waals surface area contributed by atoms with Crippen molar-refractivity contribution in [2.75, 3.05) is 0 Å². The Bertz CT molecular complexity index is 748. The van der Waals surface area contributed by atoms with Crippen molar-refractivity contribution in [2.45, 2.75) is 0 Å². The van der Waals surface area contributed by atoms with Gasteiger partial charge in [0.25, 0.3) is 0 Å². The highest BCUT2D eigenvalue weighted by molar-refractivity contribution is 9.10. The van der Waals surface area contributed by atoms with E-state index in [1.807, 2.05) is 30.3 Å². The number of rotatable bonds is 2. The Labute approximate surface area is 123 Å². The summed E-state index contributed by atoms with van der Waals surface area (Å²) >= 11 is 9.20. The van der Waals surface area contributed by atoms with Crippen LogP contribution in [-0.2, 0) is 0 Å². The fourth-order valence-electron chi connectivity index (χ4n) is 1.70. The van der Waals surface area contributed by atoms with Crippen LogP contribution in [0.15, 0.2) is 53.3 Å². The quantitative estimate of drug-likeness (QED) is 0.672. The SMILES string of the molecule is Clc1cnc(Oc2cnc3ccccc3c2)c(Br)c1. The Morgan fingerprint density at radius 1 is 1.05 bits per heavy atom. The maximum absolute atomic E-state index is 5.84. The van der Waals surface area contributed by atoms with Gasteiger partial charge < -0.3 is 4.74 Å². The van der Waals surface area contributed by atoms with Crippen LogP contribution in [0.1, 0.15) is 0 Å². The smallest absolute Gasteiger partial charge is 0.233 e. The van der Waals surface area contributed by atoms with Gasteiger partial charge in [-0.25, -0.2) is 4.98 Å². The minimum Gasteiger partial charge on any atom is -0.436 e. The van der Waals surface area contributed by atoms with Gasteiger partial charge in [-0.2, -0.15) is 0 Å². The largest absolute Gasteiger partial charge is 0.436 e. The molecule has 3 nitrogen and oxygen atoms in total. The van der Waals surface area contributed by atoms with Crippen LogP contribution in [0.4, 0.5) is 0 Å². The molecule has 0 N–H and O–H groups in total. The van der Waals surface area contributed by atoms with E-state index in [9.17, 15) is 0 Å². The Morgan fingerprint density at radius 3 is 2.74 bits per heavy atom. The van der Waals surface area contributed by atoms with Gasteiger partial charge in [0, 0.05) is 11.6 Å². The van der Waals surface area contributed by atoms with Crippen molar-refractivity contribution in [2.24, 2.45) is 0 Å². The Kier molecular flexibility index (Phi) is 3.36. The third-order valence-corrected chi connectivity index (χ3v) is 3.33. The second kappa shape index (κ2) is 5.15. The number of hydrogen-bond donors (Lipinski definition) is 0. The molecule has 0 aliphatic rings. The summed E-state index contributed by atoms with van der Waals surface area (Å²) in [4.78, 5) is 8.45. The molecule has 2 heterocycles. The molecule has 3 aromatic rings. The standard InChI is InChI=1S/C14H8BrClN2O/c15-12-6-10(16)7-18-14(12)19-11-5-9-3-1-2-4-13(9)17-8-11/h1-8H. The van der Waals surface area contributed by atoms with E-state index in [4.69, 9.17) is 16.3 Å². The third kappa shape index (κ3) is 2.69. The lowest BCUT2D eigenvalue weighted by Crippen LogP contribution is -1.90. The number of fused-ring (bicyclic) bond motifs is 1. The first-order valence-electron chi connectivity index (χ1n) is 5.56. The van der Waals surface area contributed by atoms with Gasteiger partial charge >= 0.3 is 0 Å². The van der Waals surface area contributed by atoms with Crippen molar-refractivity contribution in [3.63, 3.8) is 0 Å². The molecule has 19 heavy (non-hydrogen) atoms. The summed E-state index contributed by atoms with van der Waals surface area (Å²) in [6.07, 6.45) is 3.21. The van der Waals surface area contributed by atoms with E-state index in [2.05, 4.69) is 25.9 Å². The van der Waals surface area contributed by atoms with Crippen molar-refractivity contribution in [3.05, 3.63) is 58.3 Å². The molecule has 0 aliphatic heterocycles. The van der Waals surface area contributed by atoms with Gasteiger partial charge in [0.1, 0.15) is 5.75 Å². The van der Waals surface area contributed by atoms with Crippen LogP contribution >= 0.6 is 27.5 Å². The van der Waals surface area contributed by atoms with Crippen LogP contribution < -0.4 is 4.74 Å². The average Bonchev–Trinajstić information content (AvgIpc) is 2.42. The molecular formula is C14H8BrClN2O. The Balaban J connectivity index is 1.96. The molecule has 0 amide bonds. The highest BCUT2D eigenvalue weighted by Gasteiger charge is 2.06. The number of aromatic nitrogens is 2. The summed E-state index contributed by atoms with van der Waals surface area (Å²) in [6.45, 7) is 0. The second-order valence-electron chi connectivity index (χ2n) is 3.91. The first-order valence-corrected chi connectivity index (χ1v) is 6.73. The lowest BCUT2D eigenvalue weighted by atomic mass is 10.2. The molecule has 2 aromatic heterocycles. The monoisotopic (exact) mass is 334 g/mol. The zero-order valence-electron chi connectivity index (χ0n) is 9.68. The normalized spacial score (nSPS) is 10.6. The summed E-state index contributed by atoms with van der Waals surface area (Å²) in [5, 5.41) is 1.57. The van der Waals surface area contributed by atoms with Gasteiger partial charge in [0.2, 0.25) is 5.88 Å². The predicted octanol–water partition coefficient (Wildman–Crippen LogP) is 4.84. The highest BCUT2D eigenvalue weighted by atomic mass is 79.9. The van der Waals surface area contributed by atoms with Gasteiger partial charge in [-0.1, -0.05) is 29.8 Å². The molecular weight excluding hydrogens is 328 g/mol. The first-order chi connectivity index (χ1) is 9.22. The number of benzene rings is 1. The molecule has 0 saturated heterocycles. The molecule has 5 heteroatoms. The van der Waals surface area contributed by atoms with Crippen LogP contribution in [0.5, 0.6) is 11.6 Å². The summed E-state index contributed by atoms with van der Waals surface area (Å²) in [6, 6.07) is 11.5. The van der Waals surface area contributed by atoms with Gasteiger partial charge in [0.15, 0.2) is 0 Å². The van der Waals surface area contributed by atoms with Crippen molar-refractivity contribution in [3.8, 4) is 11.6 Å². The summed E-state index contributed by atoms with van der Waals surface area (Å²) in [5.41, 5.74) is 0.929. The molecule has 94 valence electrons. The molecule has 0 aliphatic carbocycles. The van der Waals surface area contributed by atoms with Gasteiger partial charge in [-0.3, -0.25) is 4.98 Å². The molecule has 1 aromatic carbocycles. The van der Waals surface area contributed by atoms with Crippen molar-refractivity contribution in [1.29, 1.82) is 0 Å². The highest BCUT2D eigenvalue weighted by Crippen LogP contribution is 2.30. The molecule has 0 atom stereocenters. The second-order valence-corrected chi connectivity index (χ2v) is 5.20. The van der Waals surface area contributed by atoms with Crippen molar-refractivity contribution >= 4 is 38.4 Å². The molecule has 0 unspecified atom stereocenters. The maximum Gasteiger partial charge on any atom is 0.233 e. The number of halogens is 2. The lowest BCUT2D eigenvalue weighted by Gasteiger charge is -2.07. The third-order valence-electron chi connectivity index (χ3n) is 2.55. The van der Waals surface area contributed by atoms with E-state index >= 15 is 0 Å². The van der Waals surface area contributed by atoms with Gasteiger partial charge in [-0.15, -0.1) is 0 Å². The van der Waals surface area contributed by atoms with Crippen molar-refractivity contribution in [1.82, 2.24) is 9.97 Å². The topological polar surface area (TPSA) is 35.0 Å². The minimum atomic E-state index is 0.460. The predicted molar refractivity (Wildman–Crippen MR) is 78.8 cm³/mol. The first kappa shape index (κ1) is 12.4. The summed E-state index contributed by atoms with van der Waals surface area (Å²) < 4.78 is 6.40. The average molecular weight is 336 g/mol.